The number of benzene rings is 1. The zero-order chi connectivity index (χ0) is 17.5. The van der Waals surface area contributed by atoms with Crippen molar-refractivity contribution in [2.45, 2.75) is 22.6 Å². The molecule has 0 saturated carbocycles. The Morgan fingerprint density at radius 2 is 2.12 bits per heavy atom. The molecule has 7 nitrogen and oxygen atoms in total. The van der Waals surface area contributed by atoms with Crippen LogP contribution in [0.5, 0.6) is 5.75 Å². The highest BCUT2D eigenvalue weighted by molar-refractivity contribution is 7.92. The van der Waals surface area contributed by atoms with Crippen LogP contribution < -0.4 is 4.74 Å². The van der Waals surface area contributed by atoms with Crippen LogP contribution in [-0.4, -0.2) is 65.1 Å². The summed E-state index contributed by atoms with van der Waals surface area (Å²) in [5, 5.41) is -0.567. The molecule has 1 aromatic carbocycles. The first-order valence-corrected chi connectivity index (χ1v) is 11.0. The predicted molar refractivity (Wildman–Crippen MR) is 88.7 cm³/mol. The number of methoxy groups -OCH3 is 1. The maximum Gasteiger partial charge on any atom is 0.247 e. The maximum atomic E-state index is 13.1. The largest absolute Gasteiger partial charge is 0.495 e. The average molecular weight is 396 g/mol. The highest BCUT2D eigenvalue weighted by Gasteiger charge is 2.48. The Labute approximate surface area is 146 Å². The van der Waals surface area contributed by atoms with Crippen molar-refractivity contribution in [2.75, 3.05) is 32.6 Å². The van der Waals surface area contributed by atoms with E-state index in [0.29, 0.717) is 13.0 Å². The molecule has 2 aliphatic heterocycles. The second-order valence-corrected chi connectivity index (χ2v) is 10.4. The molecule has 2 aliphatic rings. The molecule has 2 heterocycles. The topological polar surface area (TPSA) is 90.0 Å². The van der Waals surface area contributed by atoms with Gasteiger partial charge in [0.25, 0.3) is 0 Å². The Hall–Kier alpha value is -0.870. The third-order valence-corrected chi connectivity index (χ3v) is 8.71. The molecule has 24 heavy (non-hydrogen) atoms. The lowest BCUT2D eigenvalue weighted by Gasteiger charge is -2.42. The first-order chi connectivity index (χ1) is 11.3. The van der Waals surface area contributed by atoms with Gasteiger partial charge in [0.05, 0.1) is 19.5 Å². The van der Waals surface area contributed by atoms with E-state index in [1.807, 2.05) is 0 Å². The highest BCUT2D eigenvalue weighted by atomic mass is 35.5. The minimum atomic E-state index is -3.94. The van der Waals surface area contributed by atoms with E-state index in [-0.39, 0.29) is 34.6 Å². The summed E-state index contributed by atoms with van der Waals surface area (Å²) in [6.45, 7) is 0.266. The second-order valence-electron chi connectivity index (χ2n) is 5.75. The normalized spacial score (nSPS) is 27.4. The van der Waals surface area contributed by atoms with Gasteiger partial charge >= 0.3 is 0 Å². The summed E-state index contributed by atoms with van der Waals surface area (Å²) in [6.07, 6.45) is 0.339. The van der Waals surface area contributed by atoms with Crippen LogP contribution >= 0.6 is 11.6 Å². The van der Waals surface area contributed by atoms with E-state index in [1.165, 1.54) is 29.6 Å². The van der Waals surface area contributed by atoms with Crippen molar-refractivity contribution in [2.24, 2.45) is 0 Å². The minimum Gasteiger partial charge on any atom is -0.495 e. The van der Waals surface area contributed by atoms with Crippen molar-refractivity contribution >= 4 is 31.5 Å². The molecule has 2 fully saturated rings. The van der Waals surface area contributed by atoms with E-state index in [2.05, 4.69) is 0 Å². The molecule has 2 atom stereocenters. The Bertz CT molecular complexity index is 839. The molecular weight excluding hydrogens is 378 g/mol. The summed E-state index contributed by atoms with van der Waals surface area (Å²) in [7, 11) is -5.94. The van der Waals surface area contributed by atoms with Crippen LogP contribution in [0, 0.1) is 0 Å². The summed E-state index contributed by atoms with van der Waals surface area (Å²) < 4.78 is 62.4. The number of sulfone groups is 1. The summed E-state index contributed by atoms with van der Waals surface area (Å²) in [5.74, 6) is -0.0453. The summed E-state index contributed by atoms with van der Waals surface area (Å²) in [4.78, 5) is -0.0537. The molecule has 134 valence electrons. The quantitative estimate of drug-likeness (QED) is 0.756. The number of sulfonamides is 1. The van der Waals surface area contributed by atoms with Crippen molar-refractivity contribution in [3.05, 3.63) is 23.2 Å². The fraction of sp³-hybridized carbons (Fsp3) is 0.571. The molecule has 0 aromatic heterocycles. The van der Waals surface area contributed by atoms with Gasteiger partial charge in [0, 0.05) is 24.2 Å². The Morgan fingerprint density at radius 1 is 1.38 bits per heavy atom. The van der Waals surface area contributed by atoms with Gasteiger partial charge in [0.1, 0.15) is 15.9 Å². The smallest absolute Gasteiger partial charge is 0.247 e. The van der Waals surface area contributed by atoms with E-state index in [9.17, 15) is 16.8 Å². The minimum absolute atomic E-state index is 0.0195. The van der Waals surface area contributed by atoms with E-state index < -0.39 is 31.2 Å². The van der Waals surface area contributed by atoms with E-state index in [1.54, 1.807) is 0 Å². The number of fused-ring (bicyclic) bond motifs is 1. The van der Waals surface area contributed by atoms with Crippen LogP contribution in [0.4, 0.5) is 0 Å². The SMILES string of the molecule is COc1ccc(Cl)cc1S(=O)(=O)N1CCS(=O)(=O)C2COCCC21. The van der Waals surface area contributed by atoms with Crippen LogP contribution in [-0.2, 0) is 24.6 Å². The van der Waals surface area contributed by atoms with Crippen LogP contribution in [0.3, 0.4) is 0 Å². The van der Waals surface area contributed by atoms with Crippen molar-refractivity contribution in [1.29, 1.82) is 0 Å². The van der Waals surface area contributed by atoms with Gasteiger partial charge in [-0.2, -0.15) is 4.31 Å². The zero-order valence-electron chi connectivity index (χ0n) is 13.0. The Morgan fingerprint density at radius 3 is 2.83 bits per heavy atom. The lowest BCUT2D eigenvalue weighted by molar-refractivity contribution is 0.0590. The summed E-state index contributed by atoms with van der Waals surface area (Å²) >= 11 is 5.95. The average Bonchev–Trinajstić information content (AvgIpc) is 2.54. The van der Waals surface area contributed by atoms with Crippen LogP contribution in [0.2, 0.25) is 5.02 Å². The number of halogens is 1. The second kappa shape index (κ2) is 6.45. The molecule has 2 unspecified atom stereocenters. The molecule has 0 N–H and O–H groups in total. The molecule has 0 amide bonds. The van der Waals surface area contributed by atoms with Gasteiger partial charge in [-0.1, -0.05) is 11.6 Å². The van der Waals surface area contributed by atoms with Crippen molar-refractivity contribution in [3.8, 4) is 5.75 Å². The first kappa shape index (κ1) is 17.9. The lowest BCUT2D eigenvalue weighted by atomic mass is 10.1. The zero-order valence-corrected chi connectivity index (χ0v) is 15.4. The van der Waals surface area contributed by atoms with Crippen molar-refractivity contribution < 1.29 is 26.3 Å². The molecule has 0 spiro atoms. The summed E-state index contributed by atoms with van der Waals surface area (Å²) in [6, 6.07) is 3.72. The molecular formula is C14H18ClNO6S2. The molecule has 0 bridgehead atoms. The van der Waals surface area contributed by atoms with Gasteiger partial charge in [-0.15, -0.1) is 0 Å². The Balaban J connectivity index is 2.05. The number of rotatable bonds is 3. The predicted octanol–water partition coefficient (Wildman–Crippen LogP) is 0.925. The first-order valence-electron chi connectivity index (χ1n) is 7.42. The number of hydrogen-bond donors (Lipinski definition) is 0. The maximum absolute atomic E-state index is 13.1. The number of hydrogen-bond acceptors (Lipinski definition) is 6. The monoisotopic (exact) mass is 395 g/mol. The molecule has 3 rings (SSSR count). The fourth-order valence-corrected chi connectivity index (χ4v) is 7.31. The highest BCUT2D eigenvalue weighted by Crippen LogP contribution is 2.35. The fourth-order valence-electron chi connectivity index (χ4n) is 3.18. The van der Waals surface area contributed by atoms with E-state index in [4.69, 9.17) is 21.1 Å². The van der Waals surface area contributed by atoms with E-state index in [0.717, 1.165) is 0 Å². The van der Waals surface area contributed by atoms with Gasteiger partial charge in [-0.3, -0.25) is 0 Å². The van der Waals surface area contributed by atoms with E-state index >= 15 is 0 Å². The van der Waals surface area contributed by atoms with Crippen molar-refractivity contribution in [3.63, 3.8) is 0 Å². The third-order valence-electron chi connectivity index (χ3n) is 4.41. The van der Waals surface area contributed by atoms with Gasteiger partial charge in [0.2, 0.25) is 10.0 Å². The van der Waals surface area contributed by atoms with Crippen LogP contribution in [0.1, 0.15) is 6.42 Å². The van der Waals surface area contributed by atoms with Crippen LogP contribution in [0.25, 0.3) is 0 Å². The molecule has 10 heteroatoms. The molecule has 0 radical (unpaired) electrons. The van der Waals surface area contributed by atoms with Gasteiger partial charge in [-0.05, 0) is 24.6 Å². The molecule has 1 aromatic rings. The van der Waals surface area contributed by atoms with Gasteiger partial charge < -0.3 is 9.47 Å². The third kappa shape index (κ3) is 3.03. The van der Waals surface area contributed by atoms with Gasteiger partial charge in [0.15, 0.2) is 9.84 Å². The Kier molecular flexibility index (Phi) is 4.82. The number of ether oxygens (including phenoxy) is 2. The van der Waals surface area contributed by atoms with Crippen molar-refractivity contribution in [1.82, 2.24) is 4.31 Å². The lowest BCUT2D eigenvalue weighted by Crippen LogP contribution is -2.60. The van der Waals surface area contributed by atoms with Crippen LogP contribution in [0.15, 0.2) is 23.1 Å². The molecule has 2 saturated heterocycles. The number of nitrogens with zero attached hydrogens (tertiary/aromatic N) is 1. The van der Waals surface area contributed by atoms with Gasteiger partial charge in [-0.25, -0.2) is 16.8 Å². The summed E-state index contributed by atoms with van der Waals surface area (Å²) in [5.41, 5.74) is 0. The standard InChI is InChI=1S/C14H18ClNO6S2/c1-21-12-3-2-10(15)8-13(12)24(19,20)16-5-7-23(17,18)14-9-22-6-4-11(14)16/h2-3,8,11,14H,4-7,9H2,1H3. The molecule has 0 aliphatic carbocycles.